The van der Waals surface area contributed by atoms with Crippen LogP contribution >= 0.6 is 0 Å². The summed E-state index contributed by atoms with van der Waals surface area (Å²) in [6.45, 7) is 7.96. The highest BCUT2D eigenvalue weighted by atomic mass is 32.2. The van der Waals surface area contributed by atoms with Gasteiger partial charge >= 0.3 is 5.97 Å². The number of benzene rings is 1. The SMILES string of the molecule is CC=C(OCCOCCOCCOCCOCCOCCOCCOS(=O)(=O)c1ccc(C)cc1)C(=O)O. The van der Waals surface area contributed by atoms with Gasteiger partial charge in [-0.15, -0.1) is 0 Å². The summed E-state index contributed by atoms with van der Waals surface area (Å²) in [6.07, 6.45) is 1.38. The van der Waals surface area contributed by atoms with Gasteiger partial charge in [0.05, 0.1) is 90.8 Å². The van der Waals surface area contributed by atoms with E-state index in [1.165, 1.54) is 18.2 Å². The van der Waals surface area contributed by atoms with Crippen molar-refractivity contribution < 1.29 is 55.7 Å². The zero-order valence-electron chi connectivity index (χ0n) is 22.1. The molecule has 12 nitrogen and oxygen atoms in total. The number of carboxylic acid groups (broad SMARTS) is 1. The van der Waals surface area contributed by atoms with Crippen LogP contribution in [0.2, 0.25) is 0 Å². The van der Waals surface area contributed by atoms with Gasteiger partial charge in [-0.25, -0.2) is 4.79 Å². The molecule has 1 aromatic rings. The average Bonchev–Trinajstić information content (AvgIpc) is 2.89. The van der Waals surface area contributed by atoms with Crippen molar-refractivity contribution in [2.75, 3.05) is 92.5 Å². The second-order valence-corrected chi connectivity index (χ2v) is 9.19. The average molecular weight is 565 g/mol. The van der Waals surface area contributed by atoms with Crippen molar-refractivity contribution in [1.29, 1.82) is 0 Å². The molecule has 38 heavy (non-hydrogen) atoms. The van der Waals surface area contributed by atoms with Crippen molar-refractivity contribution in [3.63, 3.8) is 0 Å². The van der Waals surface area contributed by atoms with Gasteiger partial charge in [-0.05, 0) is 32.1 Å². The lowest BCUT2D eigenvalue weighted by atomic mass is 10.2. The van der Waals surface area contributed by atoms with Gasteiger partial charge in [-0.2, -0.15) is 8.42 Å². The van der Waals surface area contributed by atoms with Crippen LogP contribution in [0.25, 0.3) is 0 Å². The van der Waals surface area contributed by atoms with Gasteiger partial charge in [0.25, 0.3) is 10.1 Å². The first-order chi connectivity index (χ1) is 18.4. The van der Waals surface area contributed by atoms with Gasteiger partial charge in [0.2, 0.25) is 0 Å². The van der Waals surface area contributed by atoms with Gasteiger partial charge in [0.15, 0.2) is 5.76 Å². The third-order valence-electron chi connectivity index (χ3n) is 4.59. The molecule has 1 rings (SSSR count). The zero-order valence-corrected chi connectivity index (χ0v) is 22.9. The summed E-state index contributed by atoms with van der Waals surface area (Å²) in [5.41, 5.74) is 0.969. The van der Waals surface area contributed by atoms with E-state index in [0.717, 1.165) is 5.56 Å². The molecule has 0 heterocycles. The molecule has 0 radical (unpaired) electrons. The number of carboxylic acids is 1. The summed E-state index contributed by atoms with van der Waals surface area (Å²) in [4.78, 5) is 10.8. The molecule has 1 N–H and O–H groups in total. The Morgan fingerprint density at radius 3 is 1.42 bits per heavy atom. The van der Waals surface area contributed by atoms with Crippen LogP contribution in [0.4, 0.5) is 0 Å². The lowest BCUT2D eigenvalue weighted by molar-refractivity contribution is -0.137. The van der Waals surface area contributed by atoms with Crippen LogP contribution in [-0.2, 0) is 52.3 Å². The first-order valence-electron chi connectivity index (χ1n) is 12.3. The van der Waals surface area contributed by atoms with Crippen LogP contribution in [0.1, 0.15) is 12.5 Å². The monoisotopic (exact) mass is 564 g/mol. The third kappa shape index (κ3) is 17.4. The van der Waals surface area contributed by atoms with Crippen molar-refractivity contribution in [3.8, 4) is 0 Å². The number of carbonyl (C=O) groups is 1. The molecular formula is C25H40O12S. The molecule has 0 spiro atoms. The summed E-state index contributed by atoms with van der Waals surface area (Å²) in [5, 5.41) is 8.79. The van der Waals surface area contributed by atoms with Gasteiger partial charge < -0.3 is 38.3 Å². The number of hydrogen-bond donors (Lipinski definition) is 1. The minimum absolute atomic E-state index is 0.0679. The van der Waals surface area contributed by atoms with E-state index in [4.69, 9.17) is 42.4 Å². The minimum atomic E-state index is -3.78. The maximum absolute atomic E-state index is 12.0. The molecule has 0 bridgehead atoms. The van der Waals surface area contributed by atoms with Crippen LogP contribution in [-0.4, -0.2) is 112 Å². The molecule has 0 saturated heterocycles. The van der Waals surface area contributed by atoms with E-state index < -0.39 is 16.1 Å². The summed E-state index contributed by atoms with van der Waals surface area (Å²) >= 11 is 0. The molecule has 13 heteroatoms. The highest BCUT2D eigenvalue weighted by Gasteiger charge is 2.14. The van der Waals surface area contributed by atoms with Crippen LogP contribution in [0.15, 0.2) is 41.0 Å². The normalized spacial score (nSPS) is 12.1. The minimum Gasteiger partial charge on any atom is -0.484 e. The van der Waals surface area contributed by atoms with Gasteiger partial charge in [0.1, 0.15) is 6.61 Å². The number of allylic oxidation sites excluding steroid dienone is 1. The fourth-order valence-electron chi connectivity index (χ4n) is 2.66. The second kappa shape index (κ2) is 21.8. The first-order valence-corrected chi connectivity index (χ1v) is 13.7. The Morgan fingerprint density at radius 2 is 1.05 bits per heavy atom. The van der Waals surface area contributed by atoms with Crippen LogP contribution in [0, 0.1) is 6.92 Å². The molecular weight excluding hydrogens is 524 g/mol. The molecule has 0 unspecified atom stereocenters. The lowest BCUT2D eigenvalue weighted by Crippen LogP contribution is -2.15. The van der Waals surface area contributed by atoms with E-state index in [2.05, 4.69) is 0 Å². The van der Waals surface area contributed by atoms with E-state index in [-0.39, 0.29) is 37.1 Å². The molecule has 0 atom stereocenters. The maximum Gasteiger partial charge on any atom is 0.370 e. The van der Waals surface area contributed by atoms with E-state index in [9.17, 15) is 13.2 Å². The molecule has 0 aliphatic rings. The van der Waals surface area contributed by atoms with Crippen molar-refractivity contribution in [1.82, 2.24) is 0 Å². The van der Waals surface area contributed by atoms with E-state index in [0.29, 0.717) is 66.1 Å². The molecule has 0 fully saturated rings. The highest BCUT2D eigenvalue weighted by molar-refractivity contribution is 7.86. The molecule has 0 aromatic heterocycles. The summed E-state index contributed by atoms with van der Waals surface area (Å²) in [6, 6.07) is 6.45. The number of aliphatic carboxylic acids is 1. The topological polar surface area (TPSA) is 145 Å². The predicted octanol–water partition coefficient (Wildman–Crippen LogP) is 1.80. The summed E-state index contributed by atoms with van der Waals surface area (Å²) in [5.74, 6) is -1.20. The Kier molecular flexibility index (Phi) is 19.5. The predicted molar refractivity (Wildman–Crippen MR) is 137 cm³/mol. The number of hydrogen-bond acceptors (Lipinski definition) is 11. The third-order valence-corrected chi connectivity index (χ3v) is 5.92. The van der Waals surface area contributed by atoms with Gasteiger partial charge in [-0.1, -0.05) is 17.7 Å². The molecule has 0 aliphatic carbocycles. The number of rotatable bonds is 25. The zero-order chi connectivity index (χ0) is 27.9. The fraction of sp³-hybridized carbons (Fsp3) is 0.640. The Bertz CT molecular complexity index is 871. The van der Waals surface area contributed by atoms with Crippen molar-refractivity contribution in [2.24, 2.45) is 0 Å². The van der Waals surface area contributed by atoms with E-state index in [1.54, 1.807) is 19.1 Å². The Balaban J connectivity index is 1.78. The Morgan fingerprint density at radius 1 is 0.684 bits per heavy atom. The van der Waals surface area contributed by atoms with Crippen LogP contribution in [0.5, 0.6) is 0 Å². The summed E-state index contributed by atoms with van der Waals surface area (Å²) in [7, 11) is -3.78. The van der Waals surface area contributed by atoms with Crippen LogP contribution < -0.4 is 0 Å². The quantitative estimate of drug-likeness (QED) is 0.0800. The number of aryl methyl sites for hydroxylation is 1. The Labute approximate surface area is 224 Å². The smallest absolute Gasteiger partial charge is 0.370 e. The first kappa shape index (κ1) is 33.9. The lowest BCUT2D eigenvalue weighted by Gasteiger charge is -2.09. The molecule has 1 aromatic carbocycles. The molecule has 0 aliphatic heterocycles. The van der Waals surface area contributed by atoms with E-state index in [1.807, 2.05) is 6.92 Å². The van der Waals surface area contributed by atoms with Crippen LogP contribution in [0.3, 0.4) is 0 Å². The molecule has 0 amide bonds. The van der Waals surface area contributed by atoms with Crippen molar-refractivity contribution in [3.05, 3.63) is 41.7 Å². The van der Waals surface area contributed by atoms with Crippen molar-refractivity contribution >= 4 is 16.1 Å². The molecule has 0 saturated carbocycles. The largest absolute Gasteiger partial charge is 0.484 e. The number of ether oxygens (including phenoxy) is 7. The standard InChI is InChI=1S/C25H40O12S/c1-3-24(25(26)27)36-20-18-34-16-14-32-12-10-30-8-9-31-11-13-33-15-17-35-19-21-37-38(28,29)23-6-4-22(2)5-7-23/h3-7H,8-21H2,1-2H3,(H,26,27). The fourth-order valence-corrected chi connectivity index (χ4v) is 3.55. The summed E-state index contributed by atoms with van der Waals surface area (Å²) < 4.78 is 66.2. The highest BCUT2D eigenvalue weighted by Crippen LogP contribution is 2.12. The molecule has 218 valence electrons. The second-order valence-electron chi connectivity index (χ2n) is 7.57. The van der Waals surface area contributed by atoms with Crippen molar-refractivity contribution in [2.45, 2.75) is 18.7 Å². The van der Waals surface area contributed by atoms with Gasteiger partial charge in [-0.3, -0.25) is 4.18 Å². The maximum atomic E-state index is 12.0. The van der Waals surface area contributed by atoms with Gasteiger partial charge in [0, 0.05) is 0 Å². The van der Waals surface area contributed by atoms with E-state index >= 15 is 0 Å². The Hall–Kier alpha value is -2.10.